The predicted octanol–water partition coefficient (Wildman–Crippen LogP) is 4.82. The van der Waals surface area contributed by atoms with Gasteiger partial charge in [0.2, 0.25) is 11.8 Å². The molecule has 2 fully saturated rings. The summed E-state index contributed by atoms with van der Waals surface area (Å²) in [4.78, 5) is 51.7. The lowest BCUT2D eigenvalue weighted by molar-refractivity contribution is -0.122. The number of hydrogen-bond donors (Lipinski definition) is 1. The Bertz CT molecular complexity index is 1140. The second-order valence-electron chi connectivity index (χ2n) is 8.44. The highest BCUT2D eigenvalue weighted by Crippen LogP contribution is 2.42. The summed E-state index contributed by atoms with van der Waals surface area (Å²) in [6.45, 7) is 1.58. The normalized spacial score (nSPS) is 22.2. The fourth-order valence-corrected chi connectivity index (χ4v) is 5.13. The van der Waals surface area contributed by atoms with Gasteiger partial charge in [-0.2, -0.15) is 0 Å². The van der Waals surface area contributed by atoms with Gasteiger partial charge in [-0.05, 0) is 61.6 Å². The number of ether oxygens (including phenoxy) is 1. The maximum absolute atomic E-state index is 12.9. The van der Waals surface area contributed by atoms with E-state index in [0.29, 0.717) is 35.2 Å². The van der Waals surface area contributed by atoms with E-state index >= 15 is 0 Å². The molecule has 4 rings (SSSR count). The van der Waals surface area contributed by atoms with Crippen molar-refractivity contribution in [3.8, 4) is 0 Å². The molecule has 0 bridgehead atoms. The third-order valence-electron chi connectivity index (χ3n) is 6.07. The highest BCUT2D eigenvalue weighted by molar-refractivity contribution is 9.10. The molecule has 2 aliphatic rings. The van der Waals surface area contributed by atoms with Crippen molar-refractivity contribution in [2.24, 2.45) is 17.8 Å². The first-order valence-electron chi connectivity index (χ1n) is 10.6. The predicted molar refractivity (Wildman–Crippen MR) is 127 cm³/mol. The Morgan fingerprint density at radius 3 is 2.64 bits per heavy atom. The van der Waals surface area contributed by atoms with Crippen LogP contribution in [0.5, 0.6) is 0 Å². The zero-order valence-corrected chi connectivity index (χ0v) is 20.2. The number of nitrogens with one attached hydrogen (secondary N) is 1. The van der Waals surface area contributed by atoms with Crippen LogP contribution in [0.4, 0.5) is 11.4 Å². The third kappa shape index (κ3) is 4.96. The van der Waals surface area contributed by atoms with Crippen LogP contribution in [0.25, 0.3) is 0 Å². The number of esters is 1. The zero-order valence-electron chi connectivity index (χ0n) is 17.8. The lowest BCUT2D eigenvalue weighted by atomic mass is 9.76. The van der Waals surface area contributed by atoms with Crippen LogP contribution in [-0.4, -0.2) is 30.3 Å². The van der Waals surface area contributed by atoms with Gasteiger partial charge < -0.3 is 10.1 Å². The van der Waals surface area contributed by atoms with Crippen molar-refractivity contribution >= 4 is 62.6 Å². The number of benzene rings is 2. The first-order valence-corrected chi connectivity index (χ1v) is 11.8. The number of fused-ring (bicyclic) bond motifs is 1. The van der Waals surface area contributed by atoms with Gasteiger partial charge in [0.1, 0.15) is 0 Å². The van der Waals surface area contributed by atoms with E-state index < -0.39 is 18.5 Å². The highest BCUT2D eigenvalue weighted by Gasteiger charge is 2.50. The van der Waals surface area contributed by atoms with Crippen LogP contribution in [0.15, 0.2) is 46.9 Å². The summed E-state index contributed by atoms with van der Waals surface area (Å²) in [5.74, 6) is -1.90. The molecular formula is C24H22BrClN2O5. The van der Waals surface area contributed by atoms with Crippen molar-refractivity contribution in [3.05, 3.63) is 57.5 Å². The van der Waals surface area contributed by atoms with Crippen LogP contribution in [-0.2, 0) is 19.1 Å². The molecule has 172 valence electrons. The molecule has 3 amide bonds. The van der Waals surface area contributed by atoms with Crippen LogP contribution < -0.4 is 10.2 Å². The number of hydrogen-bond acceptors (Lipinski definition) is 5. The van der Waals surface area contributed by atoms with Crippen molar-refractivity contribution in [2.75, 3.05) is 16.8 Å². The number of nitrogens with zero attached hydrogens (tertiary/aromatic N) is 1. The van der Waals surface area contributed by atoms with Crippen LogP contribution in [0.3, 0.4) is 0 Å². The monoisotopic (exact) mass is 532 g/mol. The average molecular weight is 534 g/mol. The first kappa shape index (κ1) is 23.4. The number of rotatable bonds is 5. The van der Waals surface area contributed by atoms with Gasteiger partial charge in [0.15, 0.2) is 6.61 Å². The lowest BCUT2D eigenvalue weighted by Gasteiger charge is -2.25. The standard InChI is InChI=1S/C24H22BrClN2O5/c1-13-5-7-17-18(9-13)23(31)28(22(17)30)16-4-2-3-14(10-16)24(32)33-12-21(29)27-20-8-6-15(25)11-19(20)26/h2-4,6,8,10-11,13,17-18H,5,7,9,12H2,1H3,(H,27,29)/t13-,17-,18+/m1/s1. The number of carbonyl (C=O) groups is 4. The Balaban J connectivity index is 1.41. The molecule has 3 atom stereocenters. The molecule has 1 N–H and O–H groups in total. The van der Waals surface area contributed by atoms with Crippen molar-refractivity contribution in [1.82, 2.24) is 0 Å². The van der Waals surface area contributed by atoms with E-state index in [2.05, 4.69) is 28.2 Å². The van der Waals surface area contributed by atoms with Crippen LogP contribution in [0, 0.1) is 17.8 Å². The van der Waals surface area contributed by atoms with Gasteiger partial charge in [-0.3, -0.25) is 19.3 Å². The smallest absolute Gasteiger partial charge is 0.338 e. The van der Waals surface area contributed by atoms with Crippen LogP contribution in [0.2, 0.25) is 5.02 Å². The first-order chi connectivity index (χ1) is 15.7. The van der Waals surface area contributed by atoms with Gasteiger partial charge in [0, 0.05) is 4.47 Å². The molecule has 1 saturated heterocycles. The average Bonchev–Trinajstić information content (AvgIpc) is 3.03. The van der Waals surface area contributed by atoms with Crippen molar-refractivity contribution in [1.29, 1.82) is 0 Å². The molecule has 0 spiro atoms. The fourth-order valence-electron chi connectivity index (χ4n) is 4.41. The molecule has 7 nitrogen and oxygen atoms in total. The Kier molecular flexibility index (Phi) is 6.86. The molecule has 1 saturated carbocycles. The SMILES string of the molecule is C[C@@H]1CC[C@H]2C(=O)N(c3cccc(C(=O)OCC(=O)Nc4ccc(Br)cc4Cl)c3)C(=O)[C@H]2C1. The molecule has 0 radical (unpaired) electrons. The van der Waals surface area contributed by atoms with Gasteiger partial charge in [-0.1, -0.05) is 40.5 Å². The molecule has 0 unspecified atom stereocenters. The number of carbonyl (C=O) groups excluding carboxylic acids is 4. The largest absolute Gasteiger partial charge is 0.452 e. The molecule has 2 aromatic rings. The van der Waals surface area contributed by atoms with E-state index in [1.165, 1.54) is 17.0 Å². The van der Waals surface area contributed by atoms with E-state index in [1.54, 1.807) is 30.3 Å². The molecule has 0 aromatic heterocycles. The lowest BCUT2D eigenvalue weighted by Crippen LogP contribution is -2.31. The summed E-state index contributed by atoms with van der Waals surface area (Å²) in [5.41, 5.74) is 0.878. The number of halogens is 2. The maximum Gasteiger partial charge on any atom is 0.338 e. The quantitative estimate of drug-likeness (QED) is 0.439. The summed E-state index contributed by atoms with van der Waals surface area (Å²) in [6.07, 6.45) is 2.32. The van der Waals surface area contributed by atoms with Crippen molar-refractivity contribution in [3.63, 3.8) is 0 Å². The molecule has 2 aromatic carbocycles. The summed E-state index contributed by atoms with van der Waals surface area (Å²) in [6, 6.07) is 11.1. The fraction of sp³-hybridized carbons (Fsp3) is 0.333. The van der Waals surface area contributed by atoms with Gasteiger partial charge in [0.05, 0.1) is 33.8 Å². The summed E-state index contributed by atoms with van der Waals surface area (Å²) < 4.78 is 5.88. The maximum atomic E-state index is 12.9. The highest BCUT2D eigenvalue weighted by atomic mass is 79.9. The second-order valence-corrected chi connectivity index (χ2v) is 9.76. The molecule has 1 aliphatic heterocycles. The van der Waals surface area contributed by atoms with Crippen LogP contribution in [0.1, 0.15) is 36.5 Å². The topological polar surface area (TPSA) is 92.8 Å². The van der Waals surface area contributed by atoms with Gasteiger partial charge in [0.25, 0.3) is 5.91 Å². The number of imide groups is 1. The Labute approximate surface area is 204 Å². The minimum atomic E-state index is -0.737. The van der Waals surface area contributed by atoms with Gasteiger partial charge in [-0.25, -0.2) is 4.79 Å². The molecule has 33 heavy (non-hydrogen) atoms. The van der Waals surface area contributed by atoms with Crippen LogP contribution >= 0.6 is 27.5 Å². The van der Waals surface area contributed by atoms with Crippen molar-refractivity contribution < 1.29 is 23.9 Å². The van der Waals surface area contributed by atoms with Gasteiger partial charge in [-0.15, -0.1) is 0 Å². The van der Waals surface area contributed by atoms with E-state index in [9.17, 15) is 19.2 Å². The van der Waals surface area contributed by atoms with Crippen molar-refractivity contribution in [2.45, 2.75) is 26.2 Å². The zero-order chi connectivity index (χ0) is 23.7. The number of anilines is 2. The molecule has 9 heteroatoms. The van der Waals surface area contributed by atoms with E-state index in [4.69, 9.17) is 16.3 Å². The minimum Gasteiger partial charge on any atom is -0.452 e. The summed E-state index contributed by atoms with van der Waals surface area (Å²) in [7, 11) is 0. The van der Waals surface area contributed by atoms with E-state index in [0.717, 1.165) is 10.9 Å². The third-order valence-corrected chi connectivity index (χ3v) is 6.87. The Morgan fingerprint density at radius 1 is 1.12 bits per heavy atom. The van der Waals surface area contributed by atoms with E-state index in [1.807, 2.05) is 0 Å². The molecule has 1 aliphatic carbocycles. The Hall–Kier alpha value is -2.71. The number of amides is 3. The van der Waals surface area contributed by atoms with Gasteiger partial charge >= 0.3 is 5.97 Å². The van der Waals surface area contributed by atoms with E-state index in [-0.39, 0.29) is 29.2 Å². The summed E-state index contributed by atoms with van der Waals surface area (Å²) in [5, 5.41) is 2.92. The second kappa shape index (κ2) is 9.65. The molecular weight excluding hydrogens is 512 g/mol. The minimum absolute atomic E-state index is 0.144. The summed E-state index contributed by atoms with van der Waals surface area (Å²) >= 11 is 9.36. The molecule has 1 heterocycles. The Morgan fingerprint density at radius 2 is 1.88 bits per heavy atom.